The predicted octanol–water partition coefficient (Wildman–Crippen LogP) is 1.39. The Hall–Kier alpha value is -0.610. The number of hydrogen-bond donors (Lipinski definition) is 1. The molecule has 1 rings (SSSR count). The molecular formula is C13H26N2O2. The van der Waals surface area contributed by atoms with E-state index in [4.69, 9.17) is 10.5 Å². The van der Waals surface area contributed by atoms with Crippen LogP contribution in [0.15, 0.2) is 0 Å². The van der Waals surface area contributed by atoms with Crippen molar-refractivity contribution in [1.29, 1.82) is 0 Å². The van der Waals surface area contributed by atoms with E-state index in [0.717, 1.165) is 31.8 Å². The molecule has 4 nitrogen and oxygen atoms in total. The standard InChI is InChI=1S/C13H26N2O2/c1-3-11-5-4-7-15(8-6-11)13(16)9-12(10-14)17-2/h11-12H,3-10,14H2,1-2H3. The van der Waals surface area contributed by atoms with Gasteiger partial charge in [0.2, 0.25) is 5.91 Å². The summed E-state index contributed by atoms with van der Waals surface area (Å²) >= 11 is 0. The lowest BCUT2D eigenvalue weighted by atomic mass is 9.98. The molecule has 2 unspecified atom stereocenters. The van der Waals surface area contributed by atoms with Crippen molar-refractivity contribution >= 4 is 5.91 Å². The van der Waals surface area contributed by atoms with Crippen LogP contribution in [0, 0.1) is 5.92 Å². The zero-order valence-corrected chi connectivity index (χ0v) is 11.2. The van der Waals surface area contributed by atoms with Gasteiger partial charge in [0.15, 0.2) is 0 Å². The quantitative estimate of drug-likeness (QED) is 0.792. The average molecular weight is 242 g/mol. The van der Waals surface area contributed by atoms with Gasteiger partial charge in [0, 0.05) is 26.7 Å². The maximum absolute atomic E-state index is 12.1. The van der Waals surface area contributed by atoms with Crippen molar-refractivity contribution < 1.29 is 9.53 Å². The van der Waals surface area contributed by atoms with Gasteiger partial charge >= 0.3 is 0 Å². The van der Waals surface area contributed by atoms with Gasteiger partial charge in [-0.3, -0.25) is 4.79 Å². The van der Waals surface area contributed by atoms with Crippen molar-refractivity contribution in [2.75, 3.05) is 26.7 Å². The molecule has 0 bridgehead atoms. The van der Waals surface area contributed by atoms with Crippen LogP contribution in [-0.2, 0) is 9.53 Å². The van der Waals surface area contributed by atoms with Gasteiger partial charge in [0.25, 0.3) is 0 Å². The third kappa shape index (κ3) is 4.64. The first-order valence-corrected chi connectivity index (χ1v) is 6.71. The maximum Gasteiger partial charge on any atom is 0.225 e. The number of rotatable bonds is 5. The lowest BCUT2D eigenvalue weighted by Crippen LogP contribution is -2.36. The second-order valence-corrected chi connectivity index (χ2v) is 4.88. The summed E-state index contributed by atoms with van der Waals surface area (Å²) in [5.41, 5.74) is 5.54. The molecule has 2 atom stereocenters. The first kappa shape index (κ1) is 14.5. The molecule has 0 spiro atoms. The molecule has 0 radical (unpaired) electrons. The van der Waals surface area contributed by atoms with Gasteiger partial charge in [-0.05, 0) is 25.2 Å². The third-order valence-electron chi connectivity index (χ3n) is 3.78. The number of hydrogen-bond acceptors (Lipinski definition) is 3. The summed E-state index contributed by atoms with van der Waals surface area (Å²) in [6, 6.07) is 0. The van der Waals surface area contributed by atoms with E-state index in [2.05, 4.69) is 6.92 Å². The minimum atomic E-state index is -0.132. The Kier molecular flexibility index (Phi) is 6.52. The van der Waals surface area contributed by atoms with E-state index in [0.29, 0.717) is 13.0 Å². The minimum absolute atomic E-state index is 0.132. The molecule has 4 heteroatoms. The maximum atomic E-state index is 12.1. The Bertz CT molecular complexity index is 229. The SMILES string of the molecule is CCC1CCCN(C(=O)CC(CN)OC)CC1. The fraction of sp³-hybridized carbons (Fsp3) is 0.923. The van der Waals surface area contributed by atoms with Crippen molar-refractivity contribution in [3.8, 4) is 0 Å². The highest BCUT2D eigenvalue weighted by Gasteiger charge is 2.21. The Balaban J connectivity index is 2.41. The molecule has 1 aliphatic rings. The third-order valence-corrected chi connectivity index (χ3v) is 3.78. The Labute approximate surface area is 104 Å². The number of methoxy groups -OCH3 is 1. The molecule has 0 aromatic rings. The van der Waals surface area contributed by atoms with Crippen LogP contribution in [0.25, 0.3) is 0 Å². The van der Waals surface area contributed by atoms with Gasteiger partial charge in [-0.2, -0.15) is 0 Å². The summed E-state index contributed by atoms with van der Waals surface area (Å²) in [5, 5.41) is 0. The summed E-state index contributed by atoms with van der Waals surface area (Å²) in [7, 11) is 1.61. The molecular weight excluding hydrogens is 216 g/mol. The number of likely N-dealkylation sites (tertiary alicyclic amines) is 1. The summed E-state index contributed by atoms with van der Waals surface area (Å²) in [5.74, 6) is 0.986. The van der Waals surface area contributed by atoms with Crippen LogP contribution in [0.5, 0.6) is 0 Å². The summed E-state index contributed by atoms with van der Waals surface area (Å²) in [6.45, 7) is 4.44. The van der Waals surface area contributed by atoms with E-state index in [9.17, 15) is 4.79 Å². The second-order valence-electron chi connectivity index (χ2n) is 4.88. The summed E-state index contributed by atoms with van der Waals surface area (Å²) < 4.78 is 5.16. The van der Waals surface area contributed by atoms with Crippen LogP contribution < -0.4 is 5.73 Å². The highest BCUT2D eigenvalue weighted by Crippen LogP contribution is 2.20. The molecule has 0 aromatic carbocycles. The molecule has 100 valence electrons. The lowest BCUT2D eigenvalue weighted by molar-refractivity contribution is -0.133. The topological polar surface area (TPSA) is 55.6 Å². The van der Waals surface area contributed by atoms with Crippen molar-refractivity contribution in [3.05, 3.63) is 0 Å². The van der Waals surface area contributed by atoms with E-state index >= 15 is 0 Å². The number of carbonyl (C=O) groups excluding carboxylic acids is 1. The lowest BCUT2D eigenvalue weighted by Gasteiger charge is -2.23. The van der Waals surface area contributed by atoms with E-state index < -0.39 is 0 Å². The predicted molar refractivity (Wildman–Crippen MR) is 68.7 cm³/mol. The summed E-state index contributed by atoms with van der Waals surface area (Å²) in [4.78, 5) is 14.0. The van der Waals surface area contributed by atoms with Crippen LogP contribution in [0.1, 0.15) is 39.0 Å². The normalized spacial score (nSPS) is 23.2. The van der Waals surface area contributed by atoms with Gasteiger partial charge in [-0.15, -0.1) is 0 Å². The van der Waals surface area contributed by atoms with Gasteiger partial charge in [0.1, 0.15) is 0 Å². The molecule has 2 N–H and O–H groups in total. The van der Waals surface area contributed by atoms with Crippen LogP contribution in [0.2, 0.25) is 0 Å². The Morgan fingerprint density at radius 3 is 2.82 bits per heavy atom. The minimum Gasteiger partial charge on any atom is -0.380 e. The molecule has 17 heavy (non-hydrogen) atoms. The average Bonchev–Trinajstić information content (AvgIpc) is 2.60. The van der Waals surface area contributed by atoms with E-state index in [1.54, 1.807) is 7.11 Å². The van der Waals surface area contributed by atoms with Crippen LogP contribution in [0.3, 0.4) is 0 Å². The number of nitrogens with zero attached hydrogens (tertiary/aromatic N) is 1. The van der Waals surface area contributed by atoms with E-state index in [1.807, 2.05) is 4.90 Å². The van der Waals surface area contributed by atoms with Crippen molar-refractivity contribution in [2.24, 2.45) is 11.7 Å². The highest BCUT2D eigenvalue weighted by atomic mass is 16.5. The van der Waals surface area contributed by atoms with Gasteiger partial charge in [0.05, 0.1) is 12.5 Å². The van der Waals surface area contributed by atoms with Gasteiger partial charge in [-0.1, -0.05) is 13.3 Å². The summed E-state index contributed by atoms with van der Waals surface area (Å²) in [6.07, 6.45) is 5.04. The fourth-order valence-corrected chi connectivity index (χ4v) is 2.41. The smallest absolute Gasteiger partial charge is 0.225 e. The first-order chi connectivity index (χ1) is 8.21. The number of ether oxygens (including phenoxy) is 1. The van der Waals surface area contributed by atoms with E-state index in [1.165, 1.54) is 12.8 Å². The Morgan fingerprint density at radius 1 is 1.47 bits per heavy atom. The van der Waals surface area contributed by atoms with Crippen molar-refractivity contribution in [2.45, 2.75) is 45.1 Å². The van der Waals surface area contributed by atoms with Gasteiger partial charge < -0.3 is 15.4 Å². The molecule has 0 aliphatic carbocycles. The molecule has 1 amide bonds. The van der Waals surface area contributed by atoms with Crippen LogP contribution in [0.4, 0.5) is 0 Å². The molecule has 1 heterocycles. The zero-order chi connectivity index (χ0) is 12.7. The molecule has 1 aliphatic heterocycles. The van der Waals surface area contributed by atoms with E-state index in [-0.39, 0.29) is 12.0 Å². The fourth-order valence-electron chi connectivity index (χ4n) is 2.41. The van der Waals surface area contributed by atoms with Gasteiger partial charge in [-0.25, -0.2) is 0 Å². The number of carbonyl (C=O) groups is 1. The number of amides is 1. The Morgan fingerprint density at radius 2 is 2.24 bits per heavy atom. The molecule has 0 saturated carbocycles. The zero-order valence-electron chi connectivity index (χ0n) is 11.2. The first-order valence-electron chi connectivity index (χ1n) is 6.71. The monoisotopic (exact) mass is 242 g/mol. The second kappa shape index (κ2) is 7.67. The highest BCUT2D eigenvalue weighted by molar-refractivity contribution is 5.76. The molecule has 1 fully saturated rings. The van der Waals surface area contributed by atoms with Crippen LogP contribution >= 0.6 is 0 Å². The van der Waals surface area contributed by atoms with Crippen molar-refractivity contribution in [3.63, 3.8) is 0 Å². The number of nitrogens with two attached hydrogens (primary N) is 1. The van der Waals surface area contributed by atoms with Crippen molar-refractivity contribution in [1.82, 2.24) is 4.90 Å². The molecule has 1 saturated heterocycles. The molecule has 0 aromatic heterocycles. The van der Waals surface area contributed by atoms with Crippen LogP contribution in [-0.4, -0.2) is 43.7 Å². The largest absolute Gasteiger partial charge is 0.380 e.